The highest BCUT2D eigenvalue weighted by Gasteiger charge is 2.41. The molecule has 0 saturated carbocycles. The van der Waals surface area contributed by atoms with Crippen LogP contribution in [-0.2, 0) is 9.53 Å². The van der Waals surface area contributed by atoms with Crippen LogP contribution in [0.3, 0.4) is 0 Å². The molecule has 1 unspecified atom stereocenters. The summed E-state index contributed by atoms with van der Waals surface area (Å²) in [4.78, 5) is 10.3. The lowest BCUT2D eigenvalue weighted by Gasteiger charge is -2.39. The van der Waals surface area contributed by atoms with Gasteiger partial charge in [0, 0.05) is 0 Å². The van der Waals surface area contributed by atoms with Crippen molar-refractivity contribution in [3.05, 3.63) is 0 Å². The summed E-state index contributed by atoms with van der Waals surface area (Å²) in [7, 11) is 0. The highest BCUT2D eigenvalue weighted by molar-refractivity contribution is 5.69. The van der Waals surface area contributed by atoms with Gasteiger partial charge in [-0.2, -0.15) is 0 Å². The number of hydrogen-bond acceptors (Lipinski definition) is 6. The quantitative estimate of drug-likeness (QED) is 0.357. The zero-order valence-electron chi connectivity index (χ0n) is 8.20. The minimum absolute atomic E-state index is 0.392. The van der Waals surface area contributed by atoms with Gasteiger partial charge in [0.05, 0.1) is 12.6 Å². The van der Waals surface area contributed by atoms with Gasteiger partial charge >= 0.3 is 5.97 Å². The van der Waals surface area contributed by atoms with Crippen LogP contribution in [0.4, 0.5) is 0 Å². The van der Waals surface area contributed by atoms with Crippen LogP contribution in [0.2, 0.25) is 0 Å². The van der Waals surface area contributed by atoms with Crippen molar-refractivity contribution in [1.82, 2.24) is 5.32 Å². The van der Waals surface area contributed by atoms with Crippen LogP contribution in [-0.4, -0.2) is 63.6 Å². The highest BCUT2D eigenvalue weighted by atomic mass is 16.5. The van der Waals surface area contributed by atoms with E-state index < -0.39 is 43.2 Å². The zero-order valence-corrected chi connectivity index (χ0v) is 8.20. The number of hydrogen-bond donors (Lipinski definition) is 5. The maximum Gasteiger partial charge on any atom is 0.317 e. The van der Waals surface area contributed by atoms with Crippen LogP contribution in [0.15, 0.2) is 0 Å². The molecule has 0 spiro atoms. The number of carbonyl (C=O) groups is 1. The van der Waals surface area contributed by atoms with E-state index in [-0.39, 0.29) is 0 Å². The molecule has 7 heteroatoms. The van der Waals surface area contributed by atoms with E-state index in [9.17, 15) is 20.1 Å². The van der Waals surface area contributed by atoms with Crippen LogP contribution in [0, 0.1) is 0 Å². The van der Waals surface area contributed by atoms with Gasteiger partial charge in [0.15, 0.2) is 0 Å². The summed E-state index contributed by atoms with van der Waals surface area (Å²) in [6.07, 6.45) is -5.54. The minimum Gasteiger partial charge on any atom is -0.480 e. The van der Waals surface area contributed by atoms with Crippen molar-refractivity contribution in [3.63, 3.8) is 0 Å². The molecule has 0 aliphatic carbocycles. The van der Waals surface area contributed by atoms with E-state index in [1.165, 1.54) is 6.92 Å². The third-order valence-corrected chi connectivity index (χ3v) is 2.31. The normalized spacial score (nSPS) is 41.5. The Morgan fingerprint density at radius 2 is 1.87 bits per heavy atom. The van der Waals surface area contributed by atoms with Crippen LogP contribution in [0.1, 0.15) is 6.92 Å². The Kier molecular flexibility index (Phi) is 4.00. The van der Waals surface area contributed by atoms with Gasteiger partial charge in [-0.3, -0.25) is 10.1 Å². The van der Waals surface area contributed by atoms with Gasteiger partial charge in [-0.1, -0.05) is 0 Å². The fraction of sp³-hybridized carbons (Fsp3) is 0.875. The van der Waals surface area contributed by atoms with E-state index in [0.717, 1.165) is 0 Å². The molecule has 0 aromatic rings. The predicted molar refractivity (Wildman–Crippen MR) is 48.0 cm³/mol. The number of nitrogens with one attached hydrogen (secondary N) is 1. The third kappa shape index (κ3) is 2.86. The second-order valence-corrected chi connectivity index (χ2v) is 3.51. The third-order valence-electron chi connectivity index (χ3n) is 2.31. The molecule has 7 nitrogen and oxygen atoms in total. The second-order valence-electron chi connectivity index (χ2n) is 3.51. The Balaban J connectivity index is 2.54. The van der Waals surface area contributed by atoms with Crippen molar-refractivity contribution in [2.24, 2.45) is 0 Å². The van der Waals surface area contributed by atoms with Crippen molar-refractivity contribution < 1.29 is 30.0 Å². The standard InChI is InChI=1S/C8H15NO6/c1-3-5(12)6(13)7(14)8(15-3)9-2-4(10)11/h3,5-9,12-14H,2H2,1H3,(H,10,11)/t3?,5-,6-,7+,8+/m1/s1. The average molecular weight is 221 g/mol. The molecule has 0 aromatic heterocycles. The Morgan fingerprint density at radius 1 is 1.27 bits per heavy atom. The summed E-state index contributed by atoms with van der Waals surface area (Å²) >= 11 is 0. The molecule has 0 bridgehead atoms. The first-order valence-electron chi connectivity index (χ1n) is 4.58. The van der Waals surface area contributed by atoms with Crippen molar-refractivity contribution in [2.45, 2.75) is 37.6 Å². The molecule has 88 valence electrons. The molecule has 5 N–H and O–H groups in total. The van der Waals surface area contributed by atoms with E-state index in [1.54, 1.807) is 0 Å². The molecule has 1 rings (SSSR count). The lowest BCUT2D eigenvalue weighted by molar-refractivity contribution is -0.224. The maximum atomic E-state index is 10.3. The van der Waals surface area contributed by atoms with Crippen molar-refractivity contribution in [3.8, 4) is 0 Å². The molecule has 15 heavy (non-hydrogen) atoms. The van der Waals surface area contributed by atoms with E-state index >= 15 is 0 Å². The van der Waals surface area contributed by atoms with Gasteiger partial charge in [-0.05, 0) is 6.92 Å². The number of carboxylic acids is 1. The van der Waals surface area contributed by atoms with Crippen molar-refractivity contribution in [2.75, 3.05) is 6.54 Å². The summed E-state index contributed by atoms with van der Waals surface area (Å²) in [6, 6.07) is 0. The molecular formula is C8H15NO6. The lowest BCUT2D eigenvalue weighted by Crippen LogP contribution is -2.61. The Hall–Kier alpha value is -0.730. The van der Waals surface area contributed by atoms with Gasteiger partial charge in [-0.15, -0.1) is 0 Å². The summed E-state index contributed by atoms with van der Waals surface area (Å²) in [5.41, 5.74) is 0. The highest BCUT2D eigenvalue weighted by Crippen LogP contribution is 2.19. The molecule has 1 aliphatic heterocycles. The first-order valence-corrected chi connectivity index (χ1v) is 4.58. The number of aliphatic carboxylic acids is 1. The molecule has 0 aromatic carbocycles. The van der Waals surface area contributed by atoms with Gasteiger partial charge in [0.25, 0.3) is 0 Å². The van der Waals surface area contributed by atoms with Gasteiger partial charge in [-0.25, -0.2) is 0 Å². The fourth-order valence-electron chi connectivity index (χ4n) is 1.41. The number of ether oxygens (including phenoxy) is 1. The average Bonchev–Trinajstić information content (AvgIpc) is 2.18. The van der Waals surface area contributed by atoms with Crippen LogP contribution >= 0.6 is 0 Å². The van der Waals surface area contributed by atoms with Crippen LogP contribution < -0.4 is 5.32 Å². The van der Waals surface area contributed by atoms with E-state index in [2.05, 4.69) is 5.32 Å². The van der Waals surface area contributed by atoms with E-state index in [0.29, 0.717) is 0 Å². The zero-order chi connectivity index (χ0) is 11.6. The lowest BCUT2D eigenvalue weighted by atomic mass is 9.99. The van der Waals surface area contributed by atoms with Crippen LogP contribution in [0.25, 0.3) is 0 Å². The monoisotopic (exact) mass is 221 g/mol. The second kappa shape index (κ2) is 4.86. The minimum atomic E-state index is -1.35. The largest absolute Gasteiger partial charge is 0.480 e. The number of rotatable bonds is 3. The Morgan fingerprint density at radius 3 is 2.40 bits per heavy atom. The summed E-state index contributed by atoms with van der Waals surface area (Å²) in [5, 5.41) is 39.0. The Bertz CT molecular complexity index is 235. The van der Waals surface area contributed by atoms with Gasteiger partial charge < -0.3 is 25.2 Å². The predicted octanol–water partition coefficient (Wildman–Crippen LogP) is -2.51. The summed E-state index contributed by atoms with van der Waals surface area (Å²) in [6.45, 7) is 1.13. The molecule has 5 atom stereocenters. The topological polar surface area (TPSA) is 119 Å². The SMILES string of the molecule is CC1O[C@H](NCC(=O)O)[C@@H](O)[C@H](O)[C@@H]1O. The number of aliphatic hydroxyl groups excluding tert-OH is 3. The molecular weight excluding hydrogens is 206 g/mol. The number of carboxylic acid groups (broad SMARTS) is 1. The molecule has 1 fully saturated rings. The molecule has 1 aliphatic rings. The molecule has 1 saturated heterocycles. The molecule has 0 radical (unpaired) electrons. The summed E-state index contributed by atoms with van der Waals surface area (Å²) in [5.74, 6) is -1.10. The summed E-state index contributed by atoms with van der Waals surface area (Å²) < 4.78 is 5.10. The van der Waals surface area contributed by atoms with Crippen LogP contribution in [0.5, 0.6) is 0 Å². The first kappa shape index (κ1) is 12.3. The number of aliphatic hydroxyl groups is 3. The van der Waals surface area contributed by atoms with Gasteiger partial charge in [0.1, 0.15) is 24.5 Å². The first-order chi connectivity index (χ1) is 6.93. The van der Waals surface area contributed by atoms with Crippen molar-refractivity contribution in [1.29, 1.82) is 0 Å². The van der Waals surface area contributed by atoms with E-state index in [1.807, 2.05) is 0 Å². The maximum absolute atomic E-state index is 10.3. The smallest absolute Gasteiger partial charge is 0.317 e. The fourth-order valence-corrected chi connectivity index (χ4v) is 1.41. The van der Waals surface area contributed by atoms with Crippen molar-refractivity contribution >= 4 is 5.97 Å². The van der Waals surface area contributed by atoms with Gasteiger partial charge in [0.2, 0.25) is 0 Å². The molecule has 1 heterocycles. The van der Waals surface area contributed by atoms with E-state index in [4.69, 9.17) is 9.84 Å². The Labute approximate surface area is 86.3 Å². The molecule has 0 amide bonds.